The second-order valence-electron chi connectivity index (χ2n) is 5.68. The van der Waals surface area contributed by atoms with E-state index >= 15 is 0 Å². The van der Waals surface area contributed by atoms with Crippen molar-refractivity contribution in [3.63, 3.8) is 0 Å². The lowest BCUT2D eigenvalue weighted by Crippen LogP contribution is -2.40. The molecule has 0 unspecified atom stereocenters. The van der Waals surface area contributed by atoms with E-state index in [0.717, 1.165) is 12.8 Å². The van der Waals surface area contributed by atoms with Crippen molar-refractivity contribution in [1.82, 2.24) is 9.62 Å². The molecule has 6 nitrogen and oxygen atoms in total. The standard InChI is InChI=1S/C14H30N4O2S.HI/c1-3-21(19,20)18(2)12-8-11-16-14(15)17-13-9-6-4-5-7-10-13;/h13H,3-12H2,1-2H3,(H3,15,16,17);1H. The number of nitrogens with two attached hydrogens (primary N) is 1. The molecule has 0 aromatic heterocycles. The van der Waals surface area contributed by atoms with Gasteiger partial charge in [0, 0.05) is 26.2 Å². The quantitative estimate of drug-likeness (QED) is 0.206. The Morgan fingerprint density at radius 2 is 1.86 bits per heavy atom. The van der Waals surface area contributed by atoms with Crippen LogP contribution >= 0.6 is 24.0 Å². The van der Waals surface area contributed by atoms with Gasteiger partial charge in [0.15, 0.2) is 5.96 Å². The first-order valence-corrected chi connectivity index (χ1v) is 9.57. The van der Waals surface area contributed by atoms with Gasteiger partial charge < -0.3 is 11.1 Å². The van der Waals surface area contributed by atoms with E-state index in [0.29, 0.717) is 31.5 Å². The highest BCUT2D eigenvalue weighted by Gasteiger charge is 2.14. The molecule has 0 heterocycles. The molecule has 1 fully saturated rings. The Hall–Kier alpha value is -0.0900. The summed E-state index contributed by atoms with van der Waals surface area (Å²) in [4.78, 5) is 4.29. The molecular formula is C14H31IN4O2S. The number of guanidine groups is 1. The molecule has 0 saturated heterocycles. The van der Waals surface area contributed by atoms with Crippen molar-refractivity contribution < 1.29 is 8.42 Å². The molecule has 8 heteroatoms. The van der Waals surface area contributed by atoms with Crippen LogP contribution in [0.2, 0.25) is 0 Å². The van der Waals surface area contributed by atoms with Crippen LogP contribution in [0.1, 0.15) is 51.9 Å². The number of nitrogens with zero attached hydrogens (tertiary/aromatic N) is 2. The van der Waals surface area contributed by atoms with Crippen LogP contribution in [-0.4, -0.2) is 50.6 Å². The zero-order valence-corrected chi connectivity index (χ0v) is 16.9. The smallest absolute Gasteiger partial charge is 0.213 e. The molecule has 1 aliphatic rings. The molecule has 3 N–H and O–H groups in total. The van der Waals surface area contributed by atoms with E-state index in [2.05, 4.69) is 10.3 Å². The summed E-state index contributed by atoms with van der Waals surface area (Å²) in [5, 5.41) is 3.28. The topological polar surface area (TPSA) is 87.8 Å². The first-order valence-electron chi connectivity index (χ1n) is 7.96. The minimum Gasteiger partial charge on any atom is -0.370 e. The van der Waals surface area contributed by atoms with Gasteiger partial charge in [-0.15, -0.1) is 24.0 Å². The molecule has 0 aromatic carbocycles. The van der Waals surface area contributed by atoms with Crippen molar-refractivity contribution in [2.75, 3.05) is 25.9 Å². The number of rotatable bonds is 7. The Balaban J connectivity index is 0.00000441. The second kappa shape index (κ2) is 11.4. The van der Waals surface area contributed by atoms with Crippen LogP contribution in [0.4, 0.5) is 0 Å². The number of aliphatic imine (C=N–C) groups is 1. The third-order valence-electron chi connectivity index (χ3n) is 3.96. The van der Waals surface area contributed by atoms with Gasteiger partial charge in [-0.2, -0.15) is 0 Å². The lowest BCUT2D eigenvalue weighted by atomic mass is 10.1. The van der Waals surface area contributed by atoms with Crippen LogP contribution in [0.5, 0.6) is 0 Å². The zero-order valence-electron chi connectivity index (χ0n) is 13.8. The fourth-order valence-corrected chi connectivity index (χ4v) is 3.38. The van der Waals surface area contributed by atoms with Gasteiger partial charge in [-0.3, -0.25) is 4.99 Å². The molecule has 1 saturated carbocycles. The third-order valence-corrected chi connectivity index (χ3v) is 5.82. The molecule has 0 atom stereocenters. The van der Waals surface area contributed by atoms with Crippen molar-refractivity contribution in [3.8, 4) is 0 Å². The van der Waals surface area contributed by atoms with E-state index in [1.807, 2.05) is 0 Å². The summed E-state index contributed by atoms with van der Waals surface area (Å²) in [6, 6.07) is 0.444. The normalized spacial score (nSPS) is 17.9. The Morgan fingerprint density at radius 3 is 2.41 bits per heavy atom. The van der Waals surface area contributed by atoms with Crippen LogP contribution in [0.25, 0.3) is 0 Å². The van der Waals surface area contributed by atoms with E-state index in [-0.39, 0.29) is 29.7 Å². The van der Waals surface area contributed by atoms with Crippen molar-refractivity contribution in [3.05, 3.63) is 0 Å². The van der Waals surface area contributed by atoms with E-state index in [1.165, 1.54) is 30.0 Å². The molecule has 1 rings (SSSR count). The fourth-order valence-electron chi connectivity index (χ4n) is 2.53. The molecule has 132 valence electrons. The van der Waals surface area contributed by atoms with Gasteiger partial charge in [0.05, 0.1) is 5.75 Å². The summed E-state index contributed by atoms with van der Waals surface area (Å²) in [7, 11) is -1.48. The Morgan fingerprint density at radius 1 is 1.27 bits per heavy atom. The van der Waals surface area contributed by atoms with Crippen molar-refractivity contribution in [2.24, 2.45) is 10.7 Å². The van der Waals surface area contributed by atoms with E-state index < -0.39 is 10.0 Å². The largest absolute Gasteiger partial charge is 0.370 e. The predicted molar refractivity (Wildman–Crippen MR) is 103 cm³/mol. The summed E-state index contributed by atoms with van der Waals surface area (Å²) in [5.74, 6) is 0.626. The third kappa shape index (κ3) is 8.52. The zero-order chi connectivity index (χ0) is 15.7. The summed E-state index contributed by atoms with van der Waals surface area (Å²) in [6.07, 6.45) is 8.14. The molecular weight excluding hydrogens is 415 g/mol. The van der Waals surface area contributed by atoms with Crippen molar-refractivity contribution in [1.29, 1.82) is 0 Å². The summed E-state index contributed by atoms with van der Waals surface area (Å²) in [5.41, 5.74) is 5.89. The molecule has 22 heavy (non-hydrogen) atoms. The number of halogens is 1. The minimum absolute atomic E-state index is 0. The Labute approximate surface area is 152 Å². The lowest BCUT2D eigenvalue weighted by Gasteiger charge is -2.17. The number of hydrogen-bond acceptors (Lipinski definition) is 3. The van der Waals surface area contributed by atoms with Gasteiger partial charge in [-0.05, 0) is 26.2 Å². The fraction of sp³-hybridized carbons (Fsp3) is 0.929. The van der Waals surface area contributed by atoms with Crippen LogP contribution < -0.4 is 11.1 Å². The first kappa shape index (κ1) is 21.9. The van der Waals surface area contributed by atoms with Gasteiger partial charge in [0.25, 0.3) is 0 Å². The summed E-state index contributed by atoms with van der Waals surface area (Å²) >= 11 is 0. The Bertz CT molecular complexity index is 421. The van der Waals surface area contributed by atoms with Gasteiger partial charge in [0.1, 0.15) is 0 Å². The van der Waals surface area contributed by atoms with E-state index in [4.69, 9.17) is 5.73 Å². The van der Waals surface area contributed by atoms with Crippen LogP contribution in [0.15, 0.2) is 4.99 Å². The number of sulfonamides is 1. The van der Waals surface area contributed by atoms with Crippen molar-refractivity contribution >= 4 is 40.0 Å². The maximum atomic E-state index is 11.6. The first-order chi connectivity index (χ1) is 9.95. The van der Waals surface area contributed by atoms with Crippen LogP contribution in [0, 0.1) is 0 Å². The Kier molecular flexibility index (Phi) is 11.4. The SMILES string of the molecule is CCS(=O)(=O)N(C)CCCN=C(N)NC1CCCCCC1.I. The maximum Gasteiger partial charge on any atom is 0.213 e. The molecule has 0 bridgehead atoms. The average molecular weight is 446 g/mol. The van der Waals surface area contributed by atoms with Crippen LogP contribution in [0.3, 0.4) is 0 Å². The van der Waals surface area contributed by atoms with Crippen LogP contribution in [-0.2, 0) is 10.0 Å². The van der Waals surface area contributed by atoms with E-state index in [1.54, 1.807) is 14.0 Å². The minimum atomic E-state index is -3.09. The molecule has 1 aliphatic carbocycles. The monoisotopic (exact) mass is 446 g/mol. The highest BCUT2D eigenvalue weighted by atomic mass is 127. The molecule has 0 aliphatic heterocycles. The van der Waals surface area contributed by atoms with Gasteiger partial charge >= 0.3 is 0 Å². The summed E-state index contributed by atoms with van der Waals surface area (Å²) in [6.45, 7) is 2.68. The van der Waals surface area contributed by atoms with Gasteiger partial charge in [-0.25, -0.2) is 12.7 Å². The molecule has 0 aromatic rings. The molecule has 0 spiro atoms. The van der Waals surface area contributed by atoms with Crippen molar-refractivity contribution in [2.45, 2.75) is 57.9 Å². The van der Waals surface area contributed by atoms with E-state index in [9.17, 15) is 8.42 Å². The van der Waals surface area contributed by atoms with Gasteiger partial charge in [0.2, 0.25) is 10.0 Å². The second-order valence-corrected chi connectivity index (χ2v) is 8.04. The lowest BCUT2D eigenvalue weighted by molar-refractivity contribution is 0.464. The maximum absolute atomic E-state index is 11.6. The highest BCUT2D eigenvalue weighted by molar-refractivity contribution is 14.0. The number of hydrogen-bond donors (Lipinski definition) is 2. The molecule has 0 amide bonds. The number of nitrogens with one attached hydrogen (secondary N) is 1. The average Bonchev–Trinajstić information content (AvgIpc) is 2.71. The highest BCUT2D eigenvalue weighted by Crippen LogP contribution is 2.16. The van der Waals surface area contributed by atoms with Gasteiger partial charge in [-0.1, -0.05) is 25.7 Å². The predicted octanol–water partition coefficient (Wildman–Crippen LogP) is 1.90. The molecule has 0 radical (unpaired) electrons. The summed E-state index contributed by atoms with van der Waals surface area (Å²) < 4.78 is 24.5.